The maximum atomic E-state index is 13.2. The van der Waals surface area contributed by atoms with Crippen LogP contribution >= 0.6 is 27.3 Å². The summed E-state index contributed by atoms with van der Waals surface area (Å²) in [5, 5.41) is 0. The fourth-order valence-electron chi connectivity index (χ4n) is 3.25. The number of hydrogen-bond acceptors (Lipinski definition) is 7. The molecule has 0 aliphatic heterocycles. The van der Waals surface area contributed by atoms with Gasteiger partial charge >= 0.3 is 11.9 Å². The first-order chi connectivity index (χ1) is 13.4. The molecule has 3 aromatic heterocycles. The van der Waals surface area contributed by atoms with Crippen LogP contribution in [0.4, 0.5) is 0 Å². The number of ether oxygens (including phenoxy) is 2. The number of carbonyl (C=O) groups excluding carboxylic acids is 4. The predicted octanol–water partition coefficient (Wildman–Crippen LogP) is 3.50. The summed E-state index contributed by atoms with van der Waals surface area (Å²) in [5.41, 5.74) is 0.633. The Kier molecular flexibility index (Phi) is 4.43. The van der Waals surface area contributed by atoms with E-state index in [1.165, 1.54) is 17.6 Å². The number of hydrogen-bond donors (Lipinski definition) is 0. The number of carbonyl (C=O) groups is 4. The van der Waals surface area contributed by atoms with Crippen molar-refractivity contribution in [1.29, 1.82) is 0 Å². The predicted molar refractivity (Wildman–Crippen MR) is 104 cm³/mol. The van der Waals surface area contributed by atoms with E-state index in [4.69, 9.17) is 4.74 Å². The number of rotatable bonds is 3. The quantitative estimate of drug-likeness (QED) is 0.433. The van der Waals surface area contributed by atoms with Crippen LogP contribution < -0.4 is 0 Å². The minimum Gasteiger partial charge on any atom is -0.465 e. The smallest absolute Gasteiger partial charge is 0.348 e. The van der Waals surface area contributed by atoms with Crippen LogP contribution in [-0.4, -0.2) is 41.6 Å². The summed E-state index contributed by atoms with van der Waals surface area (Å²) < 4.78 is 12.0. The van der Waals surface area contributed by atoms with Gasteiger partial charge in [-0.3, -0.25) is 9.59 Å². The van der Waals surface area contributed by atoms with Crippen LogP contribution in [0.25, 0.3) is 5.52 Å². The van der Waals surface area contributed by atoms with Crippen LogP contribution in [0.2, 0.25) is 0 Å². The average Bonchev–Trinajstić information content (AvgIpc) is 3.26. The summed E-state index contributed by atoms with van der Waals surface area (Å²) >= 11 is 4.22. The van der Waals surface area contributed by atoms with Gasteiger partial charge in [0.2, 0.25) is 11.6 Å². The van der Waals surface area contributed by atoms with Crippen molar-refractivity contribution in [3.8, 4) is 0 Å². The molecule has 3 heterocycles. The lowest BCUT2D eigenvalue weighted by molar-refractivity contribution is 0.0525. The van der Waals surface area contributed by atoms with Crippen molar-refractivity contribution in [2.24, 2.45) is 0 Å². The molecule has 28 heavy (non-hydrogen) atoms. The summed E-state index contributed by atoms with van der Waals surface area (Å²) in [7, 11) is 1.22. The maximum Gasteiger partial charge on any atom is 0.348 e. The fourth-order valence-corrected chi connectivity index (χ4v) is 4.61. The number of nitrogens with zero attached hydrogens (tertiary/aromatic N) is 1. The van der Waals surface area contributed by atoms with Gasteiger partial charge < -0.3 is 13.9 Å². The number of fused-ring (bicyclic) bond motifs is 4. The minimum absolute atomic E-state index is 0.00711. The molecule has 0 aromatic carbocycles. The number of esters is 2. The van der Waals surface area contributed by atoms with Gasteiger partial charge in [-0.15, -0.1) is 11.3 Å². The summed E-state index contributed by atoms with van der Waals surface area (Å²) in [6.07, 6.45) is 1.61. The van der Waals surface area contributed by atoms with Gasteiger partial charge in [0.1, 0.15) is 10.6 Å². The lowest BCUT2D eigenvalue weighted by Crippen LogP contribution is -2.21. The van der Waals surface area contributed by atoms with E-state index >= 15 is 0 Å². The number of pyridine rings is 1. The SMILES string of the molecule is CCOC(=O)c1c2c(n3cc(Br)ccc13)C(=O)c1cc(C(=O)OC)sc1C2=O. The number of methoxy groups -OCH3 is 1. The summed E-state index contributed by atoms with van der Waals surface area (Å²) in [6, 6.07) is 4.71. The Morgan fingerprint density at radius 2 is 1.93 bits per heavy atom. The van der Waals surface area contributed by atoms with E-state index in [0.29, 0.717) is 9.99 Å². The molecule has 3 aromatic rings. The molecule has 0 radical (unpaired) electrons. The molecule has 4 rings (SSSR count). The first-order valence-corrected chi connectivity index (χ1v) is 9.82. The molecule has 142 valence electrons. The Bertz CT molecular complexity index is 1200. The molecular weight excluding hydrogens is 450 g/mol. The molecule has 0 spiro atoms. The van der Waals surface area contributed by atoms with Crippen LogP contribution in [0.3, 0.4) is 0 Å². The van der Waals surface area contributed by atoms with Crippen LogP contribution in [0, 0.1) is 0 Å². The van der Waals surface area contributed by atoms with Gasteiger partial charge in [-0.05, 0) is 41.1 Å². The molecular formula is C19H12BrNO6S. The number of ketones is 2. The van der Waals surface area contributed by atoms with Gasteiger partial charge in [-0.2, -0.15) is 0 Å². The highest BCUT2D eigenvalue weighted by Crippen LogP contribution is 2.38. The molecule has 0 bridgehead atoms. The second-order valence-electron chi connectivity index (χ2n) is 5.92. The van der Waals surface area contributed by atoms with Gasteiger partial charge in [0.15, 0.2) is 0 Å². The Balaban J connectivity index is 2.04. The van der Waals surface area contributed by atoms with E-state index in [2.05, 4.69) is 20.7 Å². The summed E-state index contributed by atoms with van der Waals surface area (Å²) in [6.45, 7) is 1.78. The van der Waals surface area contributed by atoms with Crippen molar-refractivity contribution in [1.82, 2.24) is 4.40 Å². The van der Waals surface area contributed by atoms with E-state index in [9.17, 15) is 19.2 Å². The number of halogens is 1. The Hall–Kier alpha value is -2.78. The van der Waals surface area contributed by atoms with Gasteiger partial charge in [0, 0.05) is 16.2 Å². The third kappa shape index (κ3) is 2.54. The third-order valence-electron chi connectivity index (χ3n) is 4.39. The number of thiophene rings is 1. The second-order valence-corrected chi connectivity index (χ2v) is 7.89. The van der Waals surface area contributed by atoms with Crippen LogP contribution in [0.5, 0.6) is 0 Å². The summed E-state index contributed by atoms with van der Waals surface area (Å²) in [5.74, 6) is -2.25. The second kappa shape index (κ2) is 6.68. The third-order valence-corrected chi connectivity index (χ3v) is 5.97. The fraction of sp³-hybridized carbons (Fsp3) is 0.158. The van der Waals surface area contributed by atoms with E-state index in [1.807, 2.05) is 0 Å². The molecule has 9 heteroatoms. The van der Waals surface area contributed by atoms with Crippen LogP contribution in [0.1, 0.15) is 58.2 Å². The molecule has 0 atom stereocenters. The molecule has 0 N–H and O–H groups in total. The van der Waals surface area contributed by atoms with Crippen molar-refractivity contribution in [2.75, 3.05) is 13.7 Å². The highest BCUT2D eigenvalue weighted by Gasteiger charge is 2.40. The Morgan fingerprint density at radius 1 is 1.18 bits per heavy atom. The molecule has 0 saturated carbocycles. The first kappa shape index (κ1) is 18.6. The Labute approximate surface area is 171 Å². The maximum absolute atomic E-state index is 13.2. The molecule has 0 fully saturated rings. The average molecular weight is 462 g/mol. The first-order valence-electron chi connectivity index (χ1n) is 8.21. The molecule has 1 aliphatic rings. The van der Waals surface area contributed by atoms with Crippen molar-refractivity contribution < 1.29 is 28.7 Å². The van der Waals surface area contributed by atoms with E-state index in [-0.39, 0.29) is 38.7 Å². The topological polar surface area (TPSA) is 91.2 Å². The highest BCUT2D eigenvalue weighted by molar-refractivity contribution is 9.10. The lowest BCUT2D eigenvalue weighted by atomic mass is 9.91. The molecule has 1 aliphatic carbocycles. The molecule has 0 unspecified atom stereocenters. The van der Waals surface area contributed by atoms with Crippen LogP contribution in [-0.2, 0) is 9.47 Å². The Morgan fingerprint density at radius 3 is 2.61 bits per heavy atom. The van der Waals surface area contributed by atoms with Gasteiger partial charge in [0.05, 0.1) is 35.2 Å². The summed E-state index contributed by atoms with van der Waals surface area (Å²) in [4.78, 5) is 51.2. The van der Waals surface area contributed by atoms with E-state index < -0.39 is 23.5 Å². The highest BCUT2D eigenvalue weighted by atomic mass is 79.9. The molecule has 7 nitrogen and oxygen atoms in total. The van der Waals surface area contributed by atoms with Crippen molar-refractivity contribution in [2.45, 2.75) is 6.92 Å². The van der Waals surface area contributed by atoms with Crippen LogP contribution in [0.15, 0.2) is 28.9 Å². The van der Waals surface area contributed by atoms with E-state index in [0.717, 1.165) is 11.3 Å². The van der Waals surface area contributed by atoms with Gasteiger partial charge in [0.25, 0.3) is 0 Å². The standard InChI is InChI=1S/C19H12BrNO6S/c1-3-27-19(25)12-10-5-4-8(20)7-21(10)14-13(12)16(23)17-9(15(14)22)6-11(28-17)18(24)26-2/h4-7H,3H2,1-2H3. The lowest BCUT2D eigenvalue weighted by Gasteiger charge is -2.12. The monoisotopic (exact) mass is 461 g/mol. The van der Waals surface area contributed by atoms with E-state index in [1.54, 1.807) is 25.3 Å². The van der Waals surface area contributed by atoms with Gasteiger partial charge in [-0.25, -0.2) is 9.59 Å². The zero-order chi connectivity index (χ0) is 20.2. The number of aromatic nitrogens is 1. The normalized spacial score (nSPS) is 12.7. The minimum atomic E-state index is -0.682. The zero-order valence-corrected chi connectivity index (χ0v) is 17.1. The zero-order valence-electron chi connectivity index (χ0n) is 14.7. The van der Waals surface area contributed by atoms with Gasteiger partial charge in [-0.1, -0.05) is 0 Å². The van der Waals surface area contributed by atoms with Crippen molar-refractivity contribution in [3.63, 3.8) is 0 Å². The van der Waals surface area contributed by atoms with Crippen molar-refractivity contribution in [3.05, 3.63) is 61.0 Å². The van der Waals surface area contributed by atoms with Crippen molar-refractivity contribution >= 4 is 56.3 Å². The molecule has 0 amide bonds. The largest absolute Gasteiger partial charge is 0.465 e. The molecule has 0 saturated heterocycles.